The van der Waals surface area contributed by atoms with Gasteiger partial charge in [-0.3, -0.25) is 19.8 Å². The van der Waals surface area contributed by atoms with Crippen molar-refractivity contribution in [3.8, 4) is 11.5 Å². The summed E-state index contributed by atoms with van der Waals surface area (Å²) in [5, 5.41) is 12.5. The summed E-state index contributed by atoms with van der Waals surface area (Å²) >= 11 is 8.26. The third kappa shape index (κ3) is 3.43. The number of rotatable bonds is 4. The number of methoxy groups -OCH3 is 1. The zero-order valence-electron chi connectivity index (χ0n) is 12.1. The standard InChI is InChI=1S/C15H13BrN2O4S/c1-3-4-18-14(21)9(13(20)17-15(18)23)5-8-6-10(16)12(22-2)7-11(8)19/h3,5-7,19H,1,4H2,2H3,(H,17,20,23). The van der Waals surface area contributed by atoms with Gasteiger partial charge in [-0.2, -0.15) is 0 Å². The molecule has 0 spiro atoms. The molecule has 2 rings (SSSR count). The lowest BCUT2D eigenvalue weighted by Crippen LogP contribution is -2.53. The van der Waals surface area contributed by atoms with Crippen LogP contribution in [0.3, 0.4) is 0 Å². The Morgan fingerprint density at radius 1 is 1.48 bits per heavy atom. The molecule has 2 amide bonds. The largest absolute Gasteiger partial charge is 0.507 e. The Bertz CT molecular complexity index is 745. The average Bonchev–Trinajstić information content (AvgIpc) is 2.50. The second kappa shape index (κ2) is 6.93. The van der Waals surface area contributed by atoms with Gasteiger partial charge < -0.3 is 9.84 Å². The van der Waals surface area contributed by atoms with E-state index in [0.29, 0.717) is 15.8 Å². The van der Waals surface area contributed by atoms with Crippen LogP contribution < -0.4 is 10.1 Å². The van der Waals surface area contributed by atoms with Crippen molar-refractivity contribution >= 4 is 51.2 Å². The first kappa shape index (κ1) is 17.2. The highest BCUT2D eigenvalue weighted by Gasteiger charge is 2.32. The van der Waals surface area contributed by atoms with Gasteiger partial charge >= 0.3 is 0 Å². The lowest BCUT2D eigenvalue weighted by atomic mass is 10.1. The molecule has 0 aliphatic carbocycles. The van der Waals surface area contributed by atoms with Gasteiger partial charge in [0.1, 0.15) is 17.1 Å². The van der Waals surface area contributed by atoms with Crippen LogP contribution in [-0.4, -0.2) is 40.6 Å². The Kier molecular flexibility index (Phi) is 5.17. The van der Waals surface area contributed by atoms with Gasteiger partial charge in [-0.25, -0.2) is 0 Å². The minimum absolute atomic E-state index is 0.0252. The minimum atomic E-state index is -0.619. The fourth-order valence-electron chi connectivity index (χ4n) is 1.97. The molecule has 2 N–H and O–H groups in total. The predicted octanol–water partition coefficient (Wildman–Crippen LogP) is 1.98. The van der Waals surface area contributed by atoms with Crippen molar-refractivity contribution in [2.45, 2.75) is 0 Å². The van der Waals surface area contributed by atoms with Crippen molar-refractivity contribution in [2.24, 2.45) is 0 Å². The molecule has 1 heterocycles. The molecule has 0 atom stereocenters. The van der Waals surface area contributed by atoms with Crippen LogP contribution in [0.1, 0.15) is 5.56 Å². The van der Waals surface area contributed by atoms with Crippen LogP contribution in [-0.2, 0) is 9.59 Å². The van der Waals surface area contributed by atoms with Crippen molar-refractivity contribution in [3.63, 3.8) is 0 Å². The van der Waals surface area contributed by atoms with Crippen LogP contribution in [0.15, 0.2) is 34.8 Å². The molecule has 6 nitrogen and oxygen atoms in total. The number of nitrogens with one attached hydrogen (secondary N) is 1. The second-order valence-electron chi connectivity index (χ2n) is 4.57. The van der Waals surface area contributed by atoms with Crippen LogP contribution in [0.5, 0.6) is 11.5 Å². The summed E-state index contributed by atoms with van der Waals surface area (Å²) in [6.07, 6.45) is 2.80. The molecule has 0 bridgehead atoms. The molecular weight excluding hydrogens is 384 g/mol. The topological polar surface area (TPSA) is 78.9 Å². The third-order valence-corrected chi connectivity index (χ3v) is 4.04. The Balaban J connectivity index is 2.47. The van der Waals surface area contributed by atoms with E-state index in [1.165, 1.54) is 30.2 Å². The quantitative estimate of drug-likeness (QED) is 0.352. The van der Waals surface area contributed by atoms with E-state index in [0.717, 1.165) is 0 Å². The smallest absolute Gasteiger partial charge is 0.265 e. The molecule has 1 fully saturated rings. The van der Waals surface area contributed by atoms with Crippen molar-refractivity contribution in [1.82, 2.24) is 10.2 Å². The molecule has 0 saturated carbocycles. The van der Waals surface area contributed by atoms with Gasteiger partial charge in [0.05, 0.1) is 11.6 Å². The highest BCUT2D eigenvalue weighted by molar-refractivity contribution is 9.10. The summed E-state index contributed by atoms with van der Waals surface area (Å²) in [4.78, 5) is 25.6. The van der Waals surface area contributed by atoms with Crippen LogP contribution in [0.25, 0.3) is 6.08 Å². The Labute approximate surface area is 146 Å². The van der Waals surface area contributed by atoms with E-state index in [4.69, 9.17) is 17.0 Å². The fraction of sp³-hybridized carbons (Fsp3) is 0.133. The molecule has 1 saturated heterocycles. The number of benzene rings is 1. The fourth-order valence-corrected chi connectivity index (χ4v) is 2.75. The predicted molar refractivity (Wildman–Crippen MR) is 93.0 cm³/mol. The number of amides is 2. The number of carbonyl (C=O) groups is 2. The summed E-state index contributed by atoms with van der Waals surface area (Å²) in [5.74, 6) is -0.864. The van der Waals surface area contributed by atoms with Crippen molar-refractivity contribution in [3.05, 3.63) is 40.4 Å². The number of aromatic hydroxyl groups is 1. The van der Waals surface area contributed by atoms with E-state index < -0.39 is 11.8 Å². The van der Waals surface area contributed by atoms with E-state index >= 15 is 0 Å². The minimum Gasteiger partial charge on any atom is -0.507 e. The first-order valence-electron chi connectivity index (χ1n) is 6.45. The summed E-state index contributed by atoms with van der Waals surface area (Å²) in [5.41, 5.74) is 0.162. The summed E-state index contributed by atoms with van der Waals surface area (Å²) in [6, 6.07) is 2.93. The number of ether oxygens (including phenoxy) is 1. The van der Waals surface area contributed by atoms with Crippen LogP contribution in [0.4, 0.5) is 0 Å². The van der Waals surface area contributed by atoms with Crippen LogP contribution in [0, 0.1) is 0 Å². The number of phenols is 1. The van der Waals surface area contributed by atoms with Crippen molar-refractivity contribution in [1.29, 1.82) is 0 Å². The van der Waals surface area contributed by atoms with Gasteiger partial charge in [0.2, 0.25) is 0 Å². The highest BCUT2D eigenvalue weighted by atomic mass is 79.9. The van der Waals surface area contributed by atoms with Crippen molar-refractivity contribution in [2.75, 3.05) is 13.7 Å². The van der Waals surface area contributed by atoms with Gasteiger partial charge in [-0.1, -0.05) is 6.08 Å². The van der Waals surface area contributed by atoms with E-state index in [1.807, 2.05) is 0 Å². The molecule has 8 heteroatoms. The summed E-state index contributed by atoms with van der Waals surface area (Å²) < 4.78 is 5.64. The van der Waals surface area contributed by atoms with Crippen LogP contribution >= 0.6 is 28.1 Å². The van der Waals surface area contributed by atoms with Gasteiger partial charge in [-0.15, -0.1) is 6.58 Å². The zero-order chi connectivity index (χ0) is 17.1. The molecule has 1 aromatic carbocycles. The molecule has 0 radical (unpaired) electrons. The Morgan fingerprint density at radius 2 is 2.17 bits per heavy atom. The number of hydrogen-bond acceptors (Lipinski definition) is 5. The summed E-state index contributed by atoms with van der Waals surface area (Å²) in [6.45, 7) is 3.72. The molecule has 1 aromatic rings. The second-order valence-corrected chi connectivity index (χ2v) is 5.81. The molecule has 0 aromatic heterocycles. The molecular formula is C15H13BrN2O4S. The normalized spacial score (nSPS) is 16.5. The van der Waals surface area contributed by atoms with E-state index in [-0.39, 0.29) is 23.0 Å². The summed E-state index contributed by atoms with van der Waals surface area (Å²) in [7, 11) is 1.46. The first-order valence-corrected chi connectivity index (χ1v) is 7.65. The lowest BCUT2D eigenvalue weighted by molar-refractivity contribution is -0.128. The number of hydrogen-bond donors (Lipinski definition) is 2. The first-order chi connectivity index (χ1) is 10.9. The SMILES string of the molecule is C=CCN1C(=O)C(=Cc2cc(Br)c(OC)cc2O)C(=O)NC1=S. The number of phenolic OH excluding ortho intramolecular Hbond substituents is 1. The average molecular weight is 397 g/mol. The van der Waals surface area contributed by atoms with E-state index in [2.05, 4.69) is 27.8 Å². The van der Waals surface area contributed by atoms with Gasteiger partial charge in [0.25, 0.3) is 11.8 Å². The Morgan fingerprint density at radius 3 is 2.78 bits per heavy atom. The number of nitrogens with zero attached hydrogens (tertiary/aromatic N) is 1. The van der Waals surface area contributed by atoms with Gasteiger partial charge in [-0.05, 0) is 40.3 Å². The van der Waals surface area contributed by atoms with E-state index in [9.17, 15) is 14.7 Å². The van der Waals surface area contributed by atoms with Crippen molar-refractivity contribution < 1.29 is 19.4 Å². The monoisotopic (exact) mass is 396 g/mol. The maximum atomic E-state index is 12.4. The Hall–Kier alpha value is -2.19. The third-order valence-electron chi connectivity index (χ3n) is 3.10. The number of thiocarbonyl (C=S) groups is 1. The highest BCUT2D eigenvalue weighted by Crippen LogP contribution is 2.33. The zero-order valence-corrected chi connectivity index (χ0v) is 14.5. The van der Waals surface area contributed by atoms with Crippen LogP contribution in [0.2, 0.25) is 0 Å². The lowest BCUT2D eigenvalue weighted by Gasteiger charge is -2.27. The van der Waals surface area contributed by atoms with Gasteiger partial charge in [0, 0.05) is 18.2 Å². The number of carbonyl (C=O) groups excluding carboxylic acids is 2. The molecule has 23 heavy (non-hydrogen) atoms. The molecule has 120 valence electrons. The molecule has 1 aliphatic heterocycles. The molecule has 1 aliphatic rings. The molecule has 0 unspecified atom stereocenters. The van der Waals surface area contributed by atoms with Gasteiger partial charge in [0.15, 0.2) is 5.11 Å². The maximum absolute atomic E-state index is 12.4. The maximum Gasteiger partial charge on any atom is 0.265 e. The van der Waals surface area contributed by atoms with E-state index in [1.54, 1.807) is 6.07 Å². The number of halogens is 1.